The third-order valence-corrected chi connectivity index (χ3v) is 4.22. The summed E-state index contributed by atoms with van der Waals surface area (Å²) in [5.74, 6) is 0.732. The van der Waals surface area contributed by atoms with Crippen LogP contribution >= 0.6 is 0 Å². The van der Waals surface area contributed by atoms with E-state index in [1.165, 1.54) is 33.3 Å². The van der Waals surface area contributed by atoms with Gasteiger partial charge in [0, 0.05) is 18.6 Å². The highest BCUT2D eigenvalue weighted by Crippen LogP contribution is 2.43. The van der Waals surface area contributed by atoms with E-state index in [9.17, 15) is 5.11 Å². The van der Waals surface area contributed by atoms with E-state index in [1.54, 1.807) is 0 Å². The van der Waals surface area contributed by atoms with Crippen LogP contribution in [0.2, 0.25) is 0 Å². The molecule has 1 aliphatic carbocycles. The van der Waals surface area contributed by atoms with Gasteiger partial charge in [-0.05, 0) is 26.2 Å². The molecule has 2 fully saturated rings. The first kappa shape index (κ1) is 13.6. The number of likely N-dealkylation sites (tertiary alicyclic amines) is 1. The summed E-state index contributed by atoms with van der Waals surface area (Å²) >= 11 is 0. The van der Waals surface area contributed by atoms with Gasteiger partial charge in [0.15, 0.2) is 0 Å². The molecule has 1 aliphatic heterocycles. The van der Waals surface area contributed by atoms with Crippen LogP contribution in [-0.2, 0) is 5.60 Å². The van der Waals surface area contributed by atoms with Crippen LogP contribution in [0.25, 0.3) is 0 Å². The van der Waals surface area contributed by atoms with E-state index in [2.05, 4.69) is 21.8 Å². The Balaban J connectivity index is 1.91. The van der Waals surface area contributed by atoms with Gasteiger partial charge in [0.1, 0.15) is 11.3 Å². The van der Waals surface area contributed by atoms with Gasteiger partial charge in [-0.2, -0.15) is 4.98 Å². The second kappa shape index (κ2) is 4.86. The lowest BCUT2D eigenvalue weighted by Crippen LogP contribution is -2.34. The van der Waals surface area contributed by atoms with Crippen LogP contribution in [0.5, 0.6) is 11.8 Å². The Hall–Kier alpha value is -1.40. The standard InChI is InChI=1S/C14H21N3O3/c1-9-6-14(18,8-17(9)10-4-5-10)12-13(20-3)16-11(19-2)7-15-12/h7,9-10,18H,4-6,8H2,1-3H3. The van der Waals surface area contributed by atoms with Crippen molar-refractivity contribution in [3.05, 3.63) is 11.9 Å². The Labute approximate surface area is 118 Å². The Kier molecular flexibility index (Phi) is 3.30. The van der Waals surface area contributed by atoms with Crippen molar-refractivity contribution in [1.29, 1.82) is 0 Å². The Morgan fingerprint density at radius 2 is 2.10 bits per heavy atom. The molecule has 2 aliphatic rings. The van der Waals surface area contributed by atoms with Gasteiger partial charge < -0.3 is 14.6 Å². The minimum atomic E-state index is -0.993. The first-order chi connectivity index (χ1) is 9.57. The Morgan fingerprint density at radius 3 is 2.70 bits per heavy atom. The number of rotatable bonds is 4. The summed E-state index contributed by atoms with van der Waals surface area (Å²) in [7, 11) is 3.07. The molecular formula is C14H21N3O3. The molecule has 6 heteroatoms. The first-order valence-corrected chi connectivity index (χ1v) is 7.01. The lowest BCUT2D eigenvalue weighted by atomic mass is 9.96. The summed E-state index contributed by atoms with van der Waals surface area (Å²) in [6.07, 6.45) is 4.64. The van der Waals surface area contributed by atoms with E-state index in [4.69, 9.17) is 9.47 Å². The zero-order valence-corrected chi connectivity index (χ0v) is 12.2. The van der Waals surface area contributed by atoms with Gasteiger partial charge in [0.25, 0.3) is 0 Å². The molecule has 0 amide bonds. The number of aliphatic hydroxyl groups is 1. The zero-order valence-electron chi connectivity index (χ0n) is 12.2. The van der Waals surface area contributed by atoms with Gasteiger partial charge in [-0.25, -0.2) is 4.98 Å². The number of nitrogens with zero attached hydrogens (tertiary/aromatic N) is 3. The fourth-order valence-corrected chi connectivity index (χ4v) is 3.11. The summed E-state index contributed by atoms with van der Waals surface area (Å²) in [5, 5.41) is 11.0. The van der Waals surface area contributed by atoms with E-state index in [0.29, 0.717) is 42.5 Å². The van der Waals surface area contributed by atoms with Crippen molar-refractivity contribution >= 4 is 0 Å². The van der Waals surface area contributed by atoms with Crippen LogP contribution in [0.4, 0.5) is 0 Å². The molecule has 1 N–H and O–H groups in total. The Bertz CT molecular complexity index is 506. The van der Waals surface area contributed by atoms with Crippen molar-refractivity contribution < 1.29 is 14.6 Å². The van der Waals surface area contributed by atoms with Crippen molar-refractivity contribution in [2.75, 3.05) is 20.8 Å². The van der Waals surface area contributed by atoms with Gasteiger partial charge in [0.05, 0.1) is 20.4 Å². The summed E-state index contributed by atoms with van der Waals surface area (Å²) < 4.78 is 10.3. The lowest BCUT2D eigenvalue weighted by molar-refractivity contribution is 0.0373. The molecule has 0 aromatic carbocycles. The number of methoxy groups -OCH3 is 2. The molecule has 2 heterocycles. The highest BCUT2D eigenvalue weighted by Gasteiger charge is 2.49. The van der Waals surface area contributed by atoms with E-state index in [0.717, 1.165) is 0 Å². The minimum Gasteiger partial charge on any atom is -0.480 e. The first-order valence-electron chi connectivity index (χ1n) is 7.01. The maximum atomic E-state index is 11.0. The Morgan fingerprint density at radius 1 is 1.35 bits per heavy atom. The fraction of sp³-hybridized carbons (Fsp3) is 0.714. The number of ether oxygens (including phenoxy) is 2. The lowest BCUT2D eigenvalue weighted by Gasteiger charge is -2.24. The zero-order chi connectivity index (χ0) is 14.3. The van der Waals surface area contributed by atoms with Crippen LogP contribution < -0.4 is 9.47 Å². The molecule has 20 heavy (non-hydrogen) atoms. The average Bonchev–Trinajstić information content (AvgIpc) is 3.24. The summed E-state index contributed by atoms with van der Waals surface area (Å²) in [6.45, 7) is 2.75. The number of hydrogen-bond donors (Lipinski definition) is 1. The molecule has 0 spiro atoms. The molecule has 1 saturated heterocycles. The number of β-amino-alcohol motifs (C(OH)–C–C–N with tert-alkyl or cyclic N) is 1. The topological polar surface area (TPSA) is 67.7 Å². The predicted molar refractivity (Wildman–Crippen MR) is 72.8 cm³/mol. The molecule has 1 aromatic rings. The van der Waals surface area contributed by atoms with Crippen molar-refractivity contribution in [3.63, 3.8) is 0 Å². The van der Waals surface area contributed by atoms with Crippen LogP contribution in [-0.4, -0.2) is 52.8 Å². The largest absolute Gasteiger partial charge is 0.480 e. The van der Waals surface area contributed by atoms with Crippen LogP contribution in [0.15, 0.2) is 6.20 Å². The maximum absolute atomic E-state index is 11.0. The third kappa shape index (κ3) is 2.23. The average molecular weight is 279 g/mol. The predicted octanol–water partition coefficient (Wildman–Crippen LogP) is 0.938. The van der Waals surface area contributed by atoms with Crippen LogP contribution in [0, 0.1) is 0 Å². The number of aromatic nitrogens is 2. The van der Waals surface area contributed by atoms with E-state index in [1.807, 2.05) is 0 Å². The molecule has 0 bridgehead atoms. The molecular weight excluding hydrogens is 258 g/mol. The fourth-order valence-electron chi connectivity index (χ4n) is 3.11. The van der Waals surface area contributed by atoms with Crippen molar-refractivity contribution in [2.45, 2.75) is 43.9 Å². The second-order valence-electron chi connectivity index (χ2n) is 5.76. The smallest absolute Gasteiger partial charge is 0.241 e. The normalized spacial score (nSPS) is 30.5. The van der Waals surface area contributed by atoms with Crippen LogP contribution in [0.1, 0.15) is 31.9 Å². The molecule has 2 unspecified atom stereocenters. The minimum absolute atomic E-state index is 0.344. The summed E-state index contributed by atoms with van der Waals surface area (Å²) in [6, 6.07) is 0.970. The van der Waals surface area contributed by atoms with Crippen molar-refractivity contribution in [3.8, 4) is 11.8 Å². The maximum Gasteiger partial charge on any atom is 0.241 e. The molecule has 6 nitrogen and oxygen atoms in total. The van der Waals surface area contributed by atoms with Crippen molar-refractivity contribution in [2.24, 2.45) is 0 Å². The van der Waals surface area contributed by atoms with E-state index >= 15 is 0 Å². The van der Waals surface area contributed by atoms with Gasteiger partial charge >= 0.3 is 0 Å². The highest BCUT2D eigenvalue weighted by atomic mass is 16.5. The van der Waals surface area contributed by atoms with Crippen LogP contribution in [0.3, 0.4) is 0 Å². The SMILES string of the molecule is COc1cnc(C2(O)CC(C)N(C3CC3)C2)c(OC)n1. The summed E-state index contributed by atoms with van der Waals surface area (Å²) in [5.41, 5.74) is -0.483. The molecule has 3 rings (SSSR count). The highest BCUT2D eigenvalue weighted by molar-refractivity contribution is 5.30. The van der Waals surface area contributed by atoms with Gasteiger partial charge in [-0.3, -0.25) is 4.90 Å². The molecule has 1 aromatic heterocycles. The molecule has 110 valence electrons. The van der Waals surface area contributed by atoms with E-state index < -0.39 is 5.60 Å². The molecule has 0 radical (unpaired) electrons. The summed E-state index contributed by atoms with van der Waals surface area (Å²) in [4.78, 5) is 10.9. The van der Waals surface area contributed by atoms with Gasteiger partial charge in [-0.15, -0.1) is 0 Å². The van der Waals surface area contributed by atoms with Gasteiger partial charge in [-0.1, -0.05) is 0 Å². The monoisotopic (exact) mass is 279 g/mol. The molecule has 1 saturated carbocycles. The van der Waals surface area contributed by atoms with E-state index in [-0.39, 0.29) is 0 Å². The molecule has 2 atom stereocenters. The number of hydrogen-bond acceptors (Lipinski definition) is 6. The van der Waals surface area contributed by atoms with Gasteiger partial charge in [0.2, 0.25) is 11.8 Å². The third-order valence-electron chi connectivity index (χ3n) is 4.22. The second-order valence-corrected chi connectivity index (χ2v) is 5.76. The van der Waals surface area contributed by atoms with Crippen molar-refractivity contribution in [1.82, 2.24) is 14.9 Å². The quantitative estimate of drug-likeness (QED) is 0.884.